The third-order valence-corrected chi connectivity index (χ3v) is 2.72. The van der Waals surface area contributed by atoms with E-state index in [2.05, 4.69) is 17.8 Å². The molecule has 0 saturated heterocycles. The Bertz CT molecular complexity index is 338. The second-order valence-electron chi connectivity index (χ2n) is 3.95. The number of halogens is 1. The zero-order chi connectivity index (χ0) is 12.5. The topological polar surface area (TPSA) is 41.1 Å². The van der Waals surface area contributed by atoms with E-state index in [1.807, 2.05) is 0 Å². The number of nitrogens with one attached hydrogen (secondary N) is 2. The molecule has 0 aliphatic heterocycles. The van der Waals surface area contributed by atoms with Gasteiger partial charge in [-0.05, 0) is 30.7 Å². The lowest BCUT2D eigenvalue weighted by molar-refractivity contribution is 0.0933. The van der Waals surface area contributed by atoms with Crippen molar-refractivity contribution in [2.24, 2.45) is 0 Å². The van der Waals surface area contributed by atoms with Crippen molar-refractivity contribution in [3.63, 3.8) is 0 Å². The fourth-order valence-electron chi connectivity index (χ4n) is 1.46. The number of benzene rings is 1. The summed E-state index contributed by atoms with van der Waals surface area (Å²) in [4.78, 5) is 11.6. The van der Waals surface area contributed by atoms with Crippen LogP contribution in [-0.2, 0) is 0 Å². The highest BCUT2D eigenvalue weighted by atomic mass is 35.5. The molecule has 2 N–H and O–H groups in total. The van der Waals surface area contributed by atoms with Gasteiger partial charge < -0.3 is 0 Å². The summed E-state index contributed by atoms with van der Waals surface area (Å²) in [5, 5.41) is 0.633. The Morgan fingerprint density at radius 2 is 1.88 bits per heavy atom. The second kappa shape index (κ2) is 8.09. The average molecular weight is 255 g/mol. The van der Waals surface area contributed by atoms with E-state index < -0.39 is 0 Å². The summed E-state index contributed by atoms with van der Waals surface area (Å²) in [6, 6.07) is 6.82. The number of amides is 1. The van der Waals surface area contributed by atoms with Gasteiger partial charge in [0.1, 0.15) is 0 Å². The number of hydrogen-bond acceptors (Lipinski definition) is 2. The van der Waals surface area contributed by atoms with Crippen LogP contribution in [0.15, 0.2) is 24.3 Å². The van der Waals surface area contributed by atoms with Crippen molar-refractivity contribution in [1.29, 1.82) is 0 Å². The molecular weight excluding hydrogens is 236 g/mol. The molecule has 0 bridgehead atoms. The molecule has 0 heterocycles. The van der Waals surface area contributed by atoms with Crippen LogP contribution < -0.4 is 10.9 Å². The van der Waals surface area contributed by atoms with Gasteiger partial charge in [0.15, 0.2) is 0 Å². The standard InChI is InChI=1S/C13H19ClN2O/c1-2-3-4-5-10-15-16-13(17)11-6-8-12(14)9-7-11/h6-9,15H,2-5,10H2,1H3,(H,16,17). The van der Waals surface area contributed by atoms with Gasteiger partial charge in [0, 0.05) is 17.1 Å². The maximum atomic E-state index is 11.6. The molecule has 1 aromatic carbocycles. The van der Waals surface area contributed by atoms with Crippen molar-refractivity contribution in [2.45, 2.75) is 32.6 Å². The van der Waals surface area contributed by atoms with Crippen LogP contribution in [0.1, 0.15) is 43.0 Å². The Labute approximate surface area is 108 Å². The highest BCUT2D eigenvalue weighted by molar-refractivity contribution is 6.30. The zero-order valence-corrected chi connectivity index (χ0v) is 10.9. The Balaban J connectivity index is 2.19. The normalized spacial score (nSPS) is 10.2. The number of unbranched alkanes of at least 4 members (excludes halogenated alkanes) is 3. The smallest absolute Gasteiger partial charge is 0.265 e. The van der Waals surface area contributed by atoms with Crippen LogP contribution in [0.5, 0.6) is 0 Å². The molecule has 0 aliphatic carbocycles. The predicted molar refractivity (Wildman–Crippen MR) is 71.1 cm³/mol. The van der Waals surface area contributed by atoms with Crippen LogP contribution in [0.3, 0.4) is 0 Å². The number of rotatable bonds is 7. The van der Waals surface area contributed by atoms with Gasteiger partial charge in [-0.2, -0.15) is 0 Å². The lowest BCUT2D eigenvalue weighted by atomic mass is 10.2. The lowest BCUT2D eigenvalue weighted by Crippen LogP contribution is -2.37. The molecule has 0 spiro atoms. The number of carbonyl (C=O) groups is 1. The molecule has 0 aromatic heterocycles. The highest BCUT2D eigenvalue weighted by Crippen LogP contribution is 2.08. The van der Waals surface area contributed by atoms with Gasteiger partial charge in [0.05, 0.1) is 0 Å². The third-order valence-electron chi connectivity index (χ3n) is 2.46. The van der Waals surface area contributed by atoms with E-state index in [0.29, 0.717) is 10.6 Å². The summed E-state index contributed by atoms with van der Waals surface area (Å²) < 4.78 is 0. The van der Waals surface area contributed by atoms with E-state index in [0.717, 1.165) is 13.0 Å². The Kier molecular flexibility index (Phi) is 6.67. The first-order valence-corrected chi connectivity index (χ1v) is 6.40. The monoisotopic (exact) mass is 254 g/mol. The van der Waals surface area contributed by atoms with Crippen molar-refractivity contribution in [1.82, 2.24) is 10.9 Å². The minimum absolute atomic E-state index is 0.128. The van der Waals surface area contributed by atoms with Crippen molar-refractivity contribution in [3.8, 4) is 0 Å². The number of hydrogen-bond donors (Lipinski definition) is 2. The third kappa shape index (κ3) is 5.71. The summed E-state index contributed by atoms with van der Waals surface area (Å²) in [5.41, 5.74) is 6.19. The van der Waals surface area contributed by atoms with Crippen LogP contribution in [0.2, 0.25) is 5.02 Å². The molecular formula is C13H19ClN2O. The molecule has 94 valence electrons. The molecule has 0 atom stereocenters. The van der Waals surface area contributed by atoms with Crippen molar-refractivity contribution < 1.29 is 4.79 Å². The maximum absolute atomic E-state index is 11.6. The van der Waals surface area contributed by atoms with Gasteiger partial charge in [0.2, 0.25) is 0 Å². The molecule has 0 radical (unpaired) electrons. The summed E-state index contributed by atoms with van der Waals surface area (Å²) in [6.07, 6.45) is 4.74. The van der Waals surface area contributed by atoms with Gasteiger partial charge in [-0.3, -0.25) is 10.2 Å². The van der Waals surface area contributed by atoms with Crippen molar-refractivity contribution in [2.75, 3.05) is 6.54 Å². The van der Waals surface area contributed by atoms with Gasteiger partial charge in [-0.15, -0.1) is 0 Å². The molecule has 17 heavy (non-hydrogen) atoms. The van der Waals surface area contributed by atoms with Crippen molar-refractivity contribution >= 4 is 17.5 Å². The van der Waals surface area contributed by atoms with Crippen LogP contribution in [0.4, 0.5) is 0 Å². The molecule has 0 saturated carbocycles. The minimum atomic E-state index is -0.128. The van der Waals surface area contributed by atoms with E-state index in [1.54, 1.807) is 24.3 Å². The van der Waals surface area contributed by atoms with Gasteiger partial charge in [0.25, 0.3) is 5.91 Å². The Morgan fingerprint density at radius 1 is 1.18 bits per heavy atom. The Morgan fingerprint density at radius 3 is 2.53 bits per heavy atom. The highest BCUT2D eigenvalue weighted by Gasteiger charge is 2.03. The van der Waals surface area contributed by atoms with Crippen LogP contribution in [-0.4, -0.2) is 12.5 Å². The summed E-state index contributed by atoms with van der Waals surface area (Å²) >= 11 is 5.74. The number of hydrazine groups is 1. The fraction of sp³-hybridized carbons (Fsp3) is 0.462. The quantitative estimate of drug-likeness (QED) is 0.580. The van der Waals surface area contributed by atoms with E-state index in [1.165, 1.54) is 19.3 Å². The lowest BCUT2D eigenvalue weighted by Gasteiger charge is -2.06. The van der Waals surface area contributed by atoms with Gasteiger partial charge >= 0.3 is 0 Å². The molecule has 4 heteroatoms. The van der Waals surface area contributed by atoms with E-state index in [4.69, 9.17) is 11.6 Å². The first-order valence-electron chi connectivity index (χ1n) is 6.03. The predicted octanol–water partition coefficient (Wildman–Crippen LogP) is 3.15. The van der Waals surface area contributed by atoms with E-state index in [-0.39, 0.29) is 5.91 Å². The van der Waals surface area contributed by atoms with E-state index >= 15 is 0 Å². The van der Waals surface area contributed by atoms with Gasteiger partial charge in [-0.1, -0.05) is 37.8 Å². The number of carbonyl (C=O) groups excluding carboxylic acids is 1. The molecule has 3 nitrogen and oxygen atoms in total. The second-order valence-corrected chi connectivity index (χ2v) is 4.38. The van der Waals surface area contributed by atoms with Crippen LogP contribution >= 0.6 is 11.6 Å². The summed E-state index contributed by atoms with van der Waals surface area (Å²) in [6.45, 7) is 2.98. The van der Waals surface area contributed by atoms with Crippen molar-refractivity contribution in [3.05, 3.63) is 34.9 Å². The maximum Gasteiger partial charge on any atom is 0.265 e. The summed E-state index contributed by atoms with van der Waals surface area (Å²) in [7, 11) is 0. The van der Waals surface area contributed by atoms with Crippen LogP contribution in [0.25, 0.3) is 0 Å². The fourth-order valence-corrected chi connectivity index (χ4v) is 1.58. The van der Waals surface area contributed by atoms with E-state index in [9.17, 15) is 4.79 Å². The molecule has 0 aliphatic rings. The zero-order valence-electron chi connectivity index (χ0n) is 10.1. The first-order chi connectivity index (χ1) is 8.24. The van der Waals surface area contributed by atoms with Gasteiger partial charge in [-0.25, -0.2) is 5.43 Å². The Hall–Kier alpha value is -1.06. The molecule has 1 rings (SSSR count). The minimum Gasteiger partial charge on any atom is -0.287 e. The molecule has 0 fully saturated rings. The van der Waals surface area contributed by atoms with Crippen LogP contribution in [0, 0.1) is 0 Å². The summed E-state index contributed by atoms with van der Waals surface area (Å²) in [5.74, 6) is -0.128. The average Bonchev–Trinajstić information content (AvgIpc) is 2.34. The largest absolute Gasteiger partial charge is 0.287 e. The SMILES string of the molecule is CCCCCCNNC(=O)c1ccc(Cl)cc1. The molecule has 1 amide bonds. The first kappa shape index (κ1) is 14.0. The molecule has 1 aromatic rings. The molecule has 0 unspecified atom stereocenters.